The van der Waals surface area contributed by atoms with Crippen LogP contribution >= 0.6 is 0 Å². The Morgan fingerprint density at radius 2 is 0.589 bits per heavy atom. The molecule has 0 fully saturated rings. The quantitative estimate of drug-likeness (QED) is 0.0347. The molecule has 0 radical (unpaired) electrons. The van der Waals surface area contributed by atoms with E-state index >= 15 is 0 Å². The van der Waals surface area contributed by atoms with Crippen LogP contribution in [0.5, 0.6) is 0 Å². The molecule has 0 amide bonds. The van der Waals surface area contributed by atoms with Crippen molar-refractivity contribution in [2.75, 3.05) is 13.2 Å². The Balaban J connectivity index is 4.16. The predicted octanol–water partition coefficient (Wildman–Crippen LogP) is 15.9. The second-order valence-corrected chi connectivity index (χ2v) is 17.6. The van der Waals surface area contributed by atoms with Gasteiger partial charge in [0.15, 0.2) is 6.10 Å². The summed E-state index contributed by atoms with van der Waals surface area (Å²) in [5.74, 6) is -0.00139. The molecule has 1 atom stereocenters. The van der Waals surface area contributed by atoms with Crippen LogP contribution in [0.3, 0.4) is 0 Å². The van der Waals surface area contributed by atoms with Gasteiger partial charge in [0, 0.05) is 19.3 Å². The number of rotatable bonds is 45. The summed E-state index contributed by atoms with van der Waals surface area (Å²) >= 11 is 0. The first-order valence-corrected chi connectivity index (χ1v) is 24.9. The lowest BCUT2D eigenvalue weighted by atomic mass is 10.0. The van der Waals surface area contributed by atoms with Gasteiger partial charge in [-0.05, 0) is 25.2 Å². The van der Waals surface area contributed by atoms with Crippen LogP contribution in [0.1, 0.15) is 278 Å². The first-order valence-electron chi connectivity index (χ1n) is 24.9. The average molecular weight is 793 g/mol. The van der Waals surface area contributed by atoms with E-state index in [1.165, 1.54) is 173 Å². The fourth-order valence-corrected chi connectivity index (χ4v) is 7.51. The maximum atomic E-state index is 12.7. The average Bonchev–Trinajstić information content (AvgIpc) is 3.18. The predicted molar refractivity (Wildman–Crippen MR) is 238 cm³/mol. The molecule has 0 saturated heterocycles. The summed E-state index contributed by atoms with van der Waals surface area (Å²) < 4.78 is 16.7. The lowest BCUT2D eigenvalue weighted by Crippen LogP contribution is -2.30. The summed E-state index contributed by atoms with van der Waals surface area (Å²) in [6.45, 7) is 8.99. The van der Waals surface area contributed by atoms with Crippen LogP contribution in [0.15, 0.2) is 0 Å². The van der Waals surface area contributed by atoms with E-state index in [4.69, 9.17) is 14.2 Å². The Bertz CT molecular complexity index is 841. The first-order chi connectivity index (χ1) is 27.4. The number of carbonyl (C=O) groups is 3. The maximum Gasteiger partial charge on any atom is 0.306 e. The Morgan fingerprint density at radius 3 is 0.875 bits per heavy atom. The number of unbranched alkanes of at least 4 members (excludes halogenated alkanes) is 32. The third-order valence-corrected chi connectivity index (χ3v) is 11.3. The fourth-order valence-electron chi connectivity index (χ4n) is 7.51. The van der Waals surface area contributed by atoms with Crippen molar-refractivity contribution in [2.45, 2.75) is 284 Å². The van der Waals surface area contributed by atoms with Gasteiger partial charge in [-0.3, -0.25) is 14.4 Å². The van der Waals surface area contributed by atoms with Crippen LogP contribution in [-0.2, 0) is 28.6 Å². The topological polar surface area (TPSA) is 78.9 Å². The molecule has 0 aliphatic rings. The highest BCUT2D eigenvalue weighted by atomic mass is 16.6. The second-order valence-electron chi connectivity index (χ2n) is 17.6. The Kier molecular flexibility index (Phi) is 43.2. The van der Waals surface area contributed by atoms with Gasteiger partial charge in [0.25, 0.3) is 0 Å². The van der Waals surface area contributed by atoms with E-state index in [1.807, 2.05) is 0 Å². The van der Waals surface area contributed by atoms with Gasteiger partial charge in [0.1, 0.15) is 13.2 Å². The van der Waals surface area contributed by atoms with Crippen molar-refractivity contribution in [1.82, 2.24) is 0 Å². The van der Waals surface area contributed by atoms with Crippen molar-refractivity contribution >= 4 is 17.9 Å². The zero-order valence-electron chi connectivity index (χ0n) is 38.1. The fraction of sp³-hybridized carbons (Fsp3) is 0.940. The molecule has 0 spiro atoms. The smallest absolute Gasteiger partial charge is 0.306 e. The summed E-state index contributed by atoms with van der Waals surface area (Å²) in [6, 6.07) is 0. The van der Waals surface area contributed by atoms with E-state index in [0.29, 0.717) is 19.3 Å². The minimum Gasteiger partial charge on any atom is -0.462 e. The van der Waals surface area contributed by atoms with E-state index in [9.17, 15) is 14.4 Å². The summed E-state index contributed by atoms with van der Waals surface area (Å²) in [7, 11) is 0. The van der Waals surface area contributed by atoms with Crippen molar-refractivity contribution in [3.8, 4) is 0 Å². The minimum absolute atomic E-state index is 0.0633. The zero-order chi connectivity index (χ0) is 41.0. The van der Waals surface area contributed by atoms with Crippen LogP contribution in [0, 0.1) is 5.92 Å². The van der Waals surface area contributed by atoms with E-state index in [1.54, 1.807) is 0 Å². The summed E-state index contributed by atoms with van der Waals surface area (Å²) in [5, 5.41) is 0. The van der Waals surface area contributed by atoms with Crippen molar-refractivity contribution in [1.29, 1.82) is 0 Å². The minimum atomic E-state index is -0.758. The van der Waals surface area contributed by atoms with Crippen LogP contribution in [-0.4, -0.2) is 37.2 Å². The normalized spacial score (nSPS) is 11.9. The number of ether oxygens (including phenoxy) is 3. The lowest BCUT2D eigenvalue weighted by molar-refractivity contribution is -0.167. The second kappa shape index (κ2) is 44.5. The largest absolute Gasteiger partial charge is 0.462 e. The molecule has 0 aromatic rings. The van der Waals surface area contributed by atoms with Crippen molar-refractivity contribution < 1.29 is 28.6 Å². The van der Waals surface area contributed by atoms with Gasteiger partial charge in [0.05, 0.1) is 0 Å². The Morgan fingerprint density at radius 1 is 0.339 bits per heavy atom. The zero-order valence-corrected chi connectivity index (χ0v) is 38.1. The standard InChI is InChI=1S/C50H96O6/c1-5-7-9-11-13-14-15-23-27-31-35-39-43-50(53)56-47(44-54-48(51)41-37-33-28-12-10-8-6-2)45-55-49(52)42-38-34-30-26-24-21-19-17-16-18-20-22-25-29-32-36-40-46(3)4/h46-47H,5-45H2,1-4H3/t47-/m1/s1. The molecule has 0 aromatic heterocycles. The molecular weight excluding hydrogens is 697 g/mol. The van der Waals surface area contributed by atoms with Gasteiger partial charge in [-0.2, -0.15) is 0 Å². The molecule has 332 valence electrons. The van der Waals surface area contributed by atoms with Crippen molar-refractivity contribution in [2.24, 2.45) is 5.92 Å². The van der Waals surface area contributed by atoms with Gasteiger partial charge >= 0.3 is 17.9 Å². The number of esters is 3. The van der Waals surface area contributed by atoms with Crippen LogP contribution in [0.2, 0.25) is 0 Å². The third-order valence-electron chi connectivity index (χ3n) is 11.3. The molecular formula is C50H96O6. The molecule has 6 heteroatoms. The summed E-state index contributed by atoms with van der Waals surface area (Å²) in [4.78, 5) is 37.7. The molecule has 0 saturated carbocycles. The van der Waals surface area contributed by atoms with Gasteiger partial charge in [-0.1, -0.05) is 240 Å². The molecule has 56 heavy (non-hydrogen) atoms. The first kappa shape index (κ1) is 54.4. The van der Waals surface area contributed by atoms with Gasteiger partial charge in [-0.15, -0.1) is 0 Å². The molecule has 0 N–H and O–H groups in total. The van der Waals surface area contributed by atoms with Crippen LogP contribution in [0.25, 0.3) is 0 Å². The van der Waals surface area contributed by atoms with Crippen molar-refractivity contribution in [3.63, 3.8) is 0 Å². The Labute approximate surface area is 348 Å². The molecule has 0 heterocycles. The molecule has 0 aliphatic carbocycles. The lowest BCUT2D eigenvalue weighted by Gasteiger charge is -2.18. The number of carbonyl (C=O) groups excluding carboxylic acids is 3. The summed E-state index contributed by atoms with van der Waals surface area (Å²) in [6.07, 6.45) is 45.3. The van der Waals surface area contributed by atoms with E-state index < -0.39 is 6.10 Å². The highest BCUT2D eigenvalue weighted by molar-refractivity contribution is 5.71. The molecule has 6 nitrogen and oxygen atoms in total. The van der Waals surface area contributed by atoms with E-state index in [0.717, 1.165) is 63.7 Å². The molecule has 0 aliphatic heterocycles. The third kappa shape index (κ3) is 43.5. The van der Waals surface area contributed by atoms with Gasteiger partial charge < -0.3 is 14.2 Å². The van der Waals surface area contributed by atoms with Crippen LogP contribution in [0.4, 0.5) is 0 Å². The van der Waals surface area contributed by atoms with E-state index in [2.05, 4.69) is 27.7 Å². The molecule has 0 aromatic carbocycles. The number of hydrogen-bond donors (Lipinski definition) is 0. The molecule has 0 unspecified atom stereocenters. The maximum absolute atomic E-state index is 12.7. The SMILES string of the molecule is CCCCCCCCCCCCCCC(=O)O[C@H](COC(=O)CCCCCCCCC)COC(=O)CCCCCCCCCCCCCCCCCCC(C)C. The highest BCUT2D eigenvalue weighted by Gasteiger charge is 2.19. The number of hydrogen-bond acceptors (Lipinski definition) is 6. The van der Waals surface area contributed by atoms with Gasteiger partial charge in [-0.25, -0.2) is 0 Å². The Hall–Kier alpha value is -1.59. The van der Waals surface area contributed by atoms with Crippen LogP contribution < -0.4 is 0 Å². The van der Waals surface area contributed by atoms with Gasteiger partial charge in [0.2, 0.25) is 0 Å². The van der Waals surface area contributed by atoms with Crippen molar-refractivity contribution in [3.05, 3.63) is 0 Å². The molecule has 0 rings (SSSR count). The highest BCUT2D eigenvalue weighted by Crippen LogP contribution is 2.17. The molecule has 0 bridgehead atoms. The summed E-state index contributed by atoms with van der Waals surface area (Å²) in [5.41, 5.74) is 0. The van der Waals surface area contributed by atoms with E-state index in [-0.39, 0.29) is 31.1 Å². The monoisotopic (exact) mass is 793 g/mol.